The number of hydrogen-bond donors (Lipinski definition) is 0. The van der Waals surface area contributed by atoms with Crippen molar-refractivity contribution < 1.29 is 0 Å². The van der Waals surface area contributed by atoms with E-state index in [2.05, 4.69) is 74.6 Å². The Bertz CT molecular complexity index is 748. The quantitative estimate of drug-likeness (QED) is 0.660. The summed E-state index contributed by atoms with van der Waals surface area (Å²) >= 11 is 0. The lowest BCUT2D eigenvalue weighted by Gasteiger charge is -2.24. The standard InChI is InChI=1S/C21H20/c1-14(2)16-9-5-10-18(16)20-12-6-11-19-17-8-4-3-7-15(17)13-21(19)20/h3-9,11-14,20H,10H2,1-2H3. The van der Waals surface area contributed by atoms with E-state index < -0.39 is 0 Å². The average Bonchev–Trinajstić information content (AvgIpc) is 3.11. The Balaban J connectivity index is 1.80. The van der Waals surface area contributed by atoms with E-state index in [1.54, 1.807) is 5.57 Å². The van der Waals surface area contributed by atoms with Gasteiger partial charge in [-0.3, -0.25) is 0 Å². The smallest absolute Gasteiger partial charge is 0.0246 e. The molecule has 4 rings (SSSR count). The molecule has 21 heavy (non-hydrogen) atoms. The SMILES string of the molecule is CC(C)C1=C(C2C=CC=C3C2=Cc2ccccc23)CC=C1. The molecular weight excluding hydrogens is 252 g/mol. The number of hydrogen-bond acceptors (Lipinski definition) is 0. The highest BCUT2D eigenvalue weighted by Crippen LogP contribution is 2.46. The van der Waals surface area contributed by atoms with Gasteiger partial charge in [0.25, 0.3) is 0 Å². The van der Waals surface area contributed by atoms with Crippen LogP contribution in [0.2, 0.25) is 0 Å². The number of benzene rings is 1. The lowest BCUT2D eigenvalue weighted by Crippen LogP contribution is -2.09. The summed E-state index contributed by atoms with van der Waals surface area (Å²) < 4.78 is 0. The highest BCUT2D eigenvalue weighted by Gasteiger charge is 2.29. The first-order chi connectivity index (χ1) is 10.3. The van der Waals surface area contributed by atoms with E-state index >= 15 is 0 Å². The largest absolute Gasteiger partial charge is 0.0801 e. The van der Waals surface area contributed by atoms with Gasteiger partial charge in [-0.05, 0) is 46.3 Å². The molecule has 0 N–H and O–H groups in total. The topological polar surface area (TPSA) is 0 Å². The number of allylic oxidation sites excluding steroid dienone is 9. The normalized spacial score (nSPS) is 22.5. The Morgan fingerprint density at radius 1 is 1.14 bits per heavy atom. The van der Waals surface area contributed by atoms with Crippen molar-refractivity contribution in [3.8, 4) is 0 Å². The molecule has 1 aromatic rings. The van der Waals surface area contributed by atoms with Gasteiger partial charge in [0.05, 0.1) is 0 Å². The molecular formula is C21H20. The molecule has 0 bridgehead atoms. The Morgan fingerprint density at radius 3 is 2.86 bits per heavy atom. The molecule has 0 heterocycles. The van der Waals surface area contributed by atoms with Crippen LogP contribution < -0.4 is 0 Å². The van der Waals surface area contributed by atoms with Gasteiger partial charge in [-0.1, -0.05) is 74.1 Å². The van der Waals surface area contributed by atoms with Gasteiger partial charge >= 0.3 is 0 Å². The highest BCUT2D eigenvalue weighted by atomic mass is 14.3. The second kappa shape index (κ2) is 4.73. The van der Waals surface area contributed by atoms with Crippen molar-refractivity contribution in [3.05, 3.63) is 82.5 Å². The fraction of sp³-hybridized carbons (Fsp3) is 0.238. The van der Waals surface area contributed by atoms with Crippen LogP contribution >= 0.6 is 0 Å². The Morgan fingerprint density at radius 2 is 2.00 bits per heavy atom. The Labute approximate surface area is 126 Å². The second-order valence-corrected chi connectivity index (χ2v) is 6.37. The van der Waals surface area contributed by atoms with Gasteiger partial charge < -0.3 is 0 Å². The summed E-state index contributed by atoms with van der Waals surface area (Å²) in [6, 6.07) is 8.74. The zero-order chi connectivity index (χ0) is 14.4. The summed E-state index contributed by atoms with van der Waals surface area (Å²) in [6.07, 6.45) is 15.0. The molecule has 0 saturated carbocycles. The van der Waals surface area contributed by atoms with Crippen LogP contribution in [0.5, 0.6) is 0 Å². The van der Waals surface area contributed by atoms with Gasteiger partial charge in [0.2, 0.25) is 0 Å². The van der Waals surface area contributed by atoms with Crippen molar-refractivity contribution in [1.82, 2.24) is 0 Å². The summed E-state index contributed by atoms with van der Waals surface area (Å²) in [5.74, 6) is 1.05. The van der Waals surface area contributed by atoms with Crippen molar-refractivity contribution in [2.75, 3.05) is 0 Å². The van der Waals surface area contributed by atoms with E-state index in [1.165, 1.54) is 27.8 Å². The minimum Gasteiger partial charge on any atom is -0.0801 e. The molecule has 0 fully saturated rings. The maximum Gasteiger partial charge on any atom is 0.0246 e. The van der Waals surface area contributed by atoms with E-state index in [-0.39, 0.29) is 0 Å². The molecule has 0 radical (unpaired) electrons. The predicted octanol–water partition coefficient (Wildman–Crippen LogP) is 5.57. The van der Waals surface area contributed by atoms with Crippen LogP contribution in [0, 0.1) is 11.8 Å². The third-order valence-corrected chi connectivity index (χ3v) is 4.78. The minimum absolute atomic E-state index is 0.449. The van der Waals surface area contributed by atoms with Crippen LogP contribution in [0.4, 0.5) is 0 Å². The maximum absolute atomic E-state index is 2.39. The lowest BCUT2D eigenvalue weighted by molar-refractivity contribution is 0.757. The molecule has 0 nitrogen and oxygen atoms in total. The molecule has 0 spiro atoms. The van der Waals surface area contributed by atoms with E-state index in [0.717, 1.165) is 6.42 Å². The molecule has 104 valence electrons. The van der Waals surface area contributed by atoms with Crippen LogP contribution in [0.15, 0.2) is 71.4 Å². The van der Waals surface area contributed by atoms with Gasteiger partial charge in [0.15, 0.2) is 0 Å². The van der Waals surface area contributed by atoms with Crippen molar-refractivity contribution >= 4 is 11.6 Å². The first-order valence-electron chi connectivity index (χ1n) is 7.85. The molecule has 0 aromatic heterocycles. The van der Waals surface area contributed by atoms with E-state index in [4.69, 9.17) is 0 Å². The minimum atomic E-state index is 0.449. The fourth-order valence-electron chi connectivity index (χ4n) is 3.79. The Hall–Kier alpha value is -2.08. The summed E-state index contributed by atoms with van der Waals surface area (Å²) in [6.45, 7) is 4.60. The lowest BCUT2D eigenvalue weighted by atomic mass is 9.80. The molecule has 3 aliphatic rings. The highest BCUT2D eigenvalue weighted by molar-refractivity contribution is 5.97. The van der Waals surface area contributed by atoms with Crippen molar-refractivity contribution in [2.45, 2.75) is 20.3 Å². The summed E-state index contributed by atoms with van der Waals surface area (Å²) in [5.41, 5.74) is 8.77. The van der Waals surface area contributed by atoms with Gasteiger partial charge in [-0.2, -0.15) is 0 Å². The number of rotatable bonds is 2. The van der Waals surface area contributed by atoms with Crippen LogP contribution in [-0.4, -0.2) is 0 Å². The van der Waals surface area contributed by atoms with Crippen LogP contribution in [-0.2, 0) is 0 Å². The van der Waals surface area contributed by atoms with Gasteiger partial charge in [0.1, 0.15) is 0 Å². The van der Waals surface area contributed by atoms with Crippen molar-refractivity contribution in [3.63, 3.8) is 0 Å². The fourth-order valence-corrected chi connectivity index (χ4v) is 3.79. The van der Waals surface area contributed by atoms with E-state index in [9.17, 15) is 0 Å². The first-order valence-corrected chi connectivity index (χ1v) is 7.85. The average molecular weight is 272 g/mol. The Kier molecular flexibility index (Phi) is 2.85. The molecule has 1 aromatic carbocycles. The van der Waals surface area contributed by atoms with Crippen LogP contribution in [0.1, 0.15) is 31.4 Å². The summed E-state index contributed by atoms with van der Waals surface area (Å²) in [5, 5.41) is 0. The van der Waals surface area contributed by atoms with Gasteiger partial charge in [-0.25, -0.2) is 0 Å². The molecule has 0 aliphatic heterocycles. The molecule has 1 unspecified atom stereocenters. The summed E-state index contributed by atoms with van der Waals surface area (Å²) in [7, 11) is 0. The van der Waals surface area contributed by atoms with Gasteiger partial charge in [-0.15, -0.1) is 0 Å². The molecule has 3 aliphatic carbocycles. The van der Waals surface area contributed by atoms with E-state index in [0.29, 0.717) is 11.8 Å². The van der Waals surface area contributed by atoms with Crippen LogP contribution in [0.3, 0.4) is 0 Å². The number of fused-ring (bicyclic) bond motifs is 3. The molecule has 1 atom stereocenters. The zero-order valence-corrected chi connectivity index (χ0v) is 12.6. The van der Waals surface area contributed by atoms with E-state index in [1.807, 2.05) is 0 Å². The monoisotopic (exact) mass is 272 g/mol. The third kappa shape index (κ3) is 1.90. The second-order valence-electron chi connectivity index (χ2n) is 6.37. The molecule has 0 amide bonds. The maximum atomic E-state index is 2.39. The zero-order valence-electron chi connectivity index (χ0n) is 12.6. The van der Waals surface area contributed by atoms with Crippen molar-refractivity contribution in [2.24, 2.45) is 11.8 Å². The first kappa shape index (κ1) is 12.6. The summed E-state index contributed by atoms with van der Waals surface area (Å²) in [4.78, 5) is 0. The van der Waals surface area contributed by atoms with Gasteiger partial charge in [0, 0.05) is 5.92 Å². The molecule has 0 saturated heterocycles. The third-order valence-electron chi connectivity index (χ3n) is 4.78. The van der Waals surface area contributed by atoms with Crippen molar-refractivity contribution in [1.29, 1.82) is 0 Å². The predicted molar refractivity (Wildman–Crippen MR) is 90.6 cm³/mol. The molecule has 0 heteroatoms. The van der Waals surface area contributed by atoms with Crippen LogP contribution in [0.25, 0.3) is 11.6 Å².